The van der Waals surface area contributed by atoms with Gasteiger partial charge in [0.25, 0.3) is 0 Å². The molecule has 3 rings (SSSR count). The molecule has 236 valence electrons. The minimum Gasteiger partial charge on any atom is -0.508 e. The number of rotatable bonds is 13. The molecule has 1 aromatic carbocycles. The molecule has 0 bridgehead atoms. The van der Waals surface area contributed by atoms with Crippen molar-refractivity contribution in [2.45, 2.75) is 97.2 Å². The van der Waals surface area contributed by atoms with E-state index in [9.17, 15) is 30.3 Å². The molecule has 6 heteroatoms. The minimum absolute atomic E-state index is 0.0217. The molecular weight excluding hydrogens is 540 g/mol. The number of aromatic hydroxyl groups is 1. The van der Waals surface area contributed by atoms with Crippen LogP contribution in [0, 0.1) is 17.3 Å². The number of carbonyl (C=O) groups excluding carboxylic acids is 1. The Hall–Kier alpha value is -2.77. The van der Waals surface area contributed by atoms with Gasteiger partial charge in [-0.2, -0.15) is 0 Å². The van der Waals surface area contributed by atoms with Crippen LogP contribution in [0.1, 0.15) is 84.6 Å². The Morgan fingerprint density at radius 1 is 1.12 bits per heavy atom. The molecule has 0 aromatic heterocycles. The number of Topliss-reactive ketones (excluding diaryl/α,β-unsaturated/α-hetero) is 1. The van der Waals surface area contributed by atoms with Gasteiger partial charge in [0.05, 0.1) is 18.3 Å². The predicted molar refractivity (Wildman–Crippen MR) is 172 cm³/mol. The summed E-state index contributed by atoms with van der Waals surface area (Å²) in [6.07, 6.45) is 12.0. The number of hydrogen-bond acceptors (Lipinski definition) is 6. The third-order valence-electron chi connectivity index (χ3n) is 9.88. The van der Waals surface area contributed by atoms with Gasteiger partial charge in [-0.3, -0.25) is 4.79 Å². The second kappa shape index (κ2) is 15.3. The van der Waals surface area contributed by atoms with E-state index in [2.05, 4.69) is 26.5 Å². The average Bonchev–Trinajstić information content (AvgIpc) is 3.30. The Bertz CT molecular complexity index is 1240. The van der Waals surface area contributed by atoms with E-state index in [0.29, 0.717) is 49.7 Å². The molecule has 2 saturated carbocycles. The second-order valence-electron chi connectivity index (χ2n) is 13.0. The second-order valence-corrected chi connectivity index (χ2v) is 13.0. The first-order valence-electron chi connectivity index (χ1n) is 15.7. The average molecular weight is 593 g/mol. The van der Waals surface area contributed by atoms with E-state index in [-0.39, 0.29) is 43.0 Å². The van der Waals surface area contributed by atoms with Crippen LogP contribution in [0.2, 0.25) is 0 Å². The molecule has 1 spiro atoms. The van der Waals surface area contributed by atoms with Gasteiger partial charge in [-0.05, 0) is 114 Å². The Kier molecular flexibility index (Phi) is 12.3. The van der Waals surface area contributed by atoms with Crippen molar-refractivity contribution in [3.63, 3.8) is 0 Å². The fourth-order valence-electron chi connectivity index (χ4n) is 7.40. The molecular formula is C37H52O6. The van der Waals surface area contributed by atoms with Crippen molar-refractivity contribution >= 4 is 5.78 Å². The van der Waals surface area contributed by atoms with E-state index in [4.69, 9.17) is 0 Å². The van der Waals surface area contributed by atoms with Crippen LogP contribution in [-0.2, 0) is 11.2 Å². The summed E-state index contributed by atoms with van der Waals surface area (Å²) in [7, 11) is 0. The van der Waals surface area contributed by atoms with Crippen LogP contribution in [0.5, 0.6) is 5.75 Å². The molecule has 0 aliphatic heterocycles. The number of phenolic OH excluding ortho intramolecular Hbond substituents is 1. The summed E-state index contributed by atoms with van der Waals surface area (Å²) >= 11 is 0. The van der Waals surface area contributed by atoms with E-state index >= 15 is 0 Å². The van der Waals surface area contributed by atoms with Gasteiger partial charge in [-0.1, -0.05) is 59.7 Å². The van der Waals surface area contributed by atoms with Crippen molar-refractivity contribution in [3.8, 4) is 5.75 Å². The summed E-state index contributed by atoms with van der Waals surface area (Å²) in [5, 5.41) is 53.8. The molecule has 0 heterocycles. The summed E-state index contributed by atoms with van der Waals surface area (Å²) in [5.41, 5.74) is 3.25. The number of hydrogen-bond donors (Lipinski definition) is 5. The lowest BCUT2D eigenvalue weighted by molar-refractivity contribution is -0.167. The molecule has 0 radical (unpaired) electrons. The maximum atomic E-state index is 13.5. The van der Waals surface area contributed by atoms with Crippen molar-refractivity contribution in [2.75, 3.05) is 13.2 Å². The van der Waals surface area contributed by atoms with Crippen molar-refractivity contribution in [1.29, 1.82) is 0 Å². The normalized spacial score (nSPS) is 28.8. The van der Waals surface area contributed by atoms with Gasteiger partial charge >= 0.3 is 0 Å². The summed E-state index contributed by atoms with van der Waals surface area (Å²) in [6.45, 7) is 11.7. The van der Waals surface area contributed by atoms with Crippen molar-refractivity contribution in [3.05, 3.63) is 88.6 Å². The van der Waals surface area contributed by atoms with Crippen LogP contribution in [0.25, 0.3) is 0 Å². The van der Waals surface area contributed by atoms with Crippen LogP contribution in [0.4, 0.5) is 0 Å². The van der Waals surface area contributed by atoms with E-state index < -0.39 is 17.1 Å². The minimum atomic E-state index is -1.19. The molecule has 0 saturated heterocycles. The maximum absolute atomic E-state index is 13.5. The number of aliphatic hydroxyl groups excluding tert-OH is 3. The van der Waals surface area contributed by atoms with Gasteiger partial charge < -0.3 is 25.5 Å². The van der Waals surface area contributed by atoms with Crippen LogP contribution < -0.4 is 0 Å². The summed E-state index contributed by atoms with van der Waals surface area (Å²) in [6, 6.07) is 6.61. The molecule has 2 aliphatic carbocycles. The Morgan fingerprint density at radius 2 is 1.81 bits per heavy atom. The highest BCUT2D eigenvalue weighted by Crippen LogP contribution is 2.63. The van der Waals surface area contributed by atoms with E-state index in [1.165, 1.54) is 5.57 Å². The van der Waals surface area contributed by atoms with Gasteiger partial charge in [0.1, 0.15) is 5.75 Å². The van der Waals surface area contributed by atoms with Crippen LogP contribution >= 0.6 is 0 Å². The van der Waals surface area contributed by atoms with Crippen molar-refractivity contribution in [2.24, 2.45) is 17.3 Å². The topological polar surface area (TPSA) is 118 Å². The highest BCUT2D eigenvalue weighted by molar-refractivity contribution is 5.97. The molecule has 43 heavy (non-hydrogen) atoms. The molecule has 5 atom stereocenters. The maximum Gasteiger partial charge on any atom is 0.162 e. The van der Waals surface area contributed by atoms with E-state index in [1.807, 2.05) is 25.2 Å². The highest BCUT2D eigenvalue weighted by atomic mass is 16.3. The molecule has 1 aromatic rings. The number of allylic oxidation sites excluding steroid dienone is 8. The number of benzene rings is 1. The zero-order valence-corrected chi connectivity index (χ0v) is 26.5. The zero-order chi connectivity index (χ0) is 31.8. The number of aliphatic hydroxyl groups is 4. The monoisotopic (exact) mass is 592 g/mol. The summed E-state index contributed by atoms with van der Waals surface area (Å²) in [5.74, 6) is -0.518. The summed E-state index contributed by atoms with van der Waals surface area (Å²) in [4.78, 5) is 13.5. The predicted octanol–water partition coefficient (Wildman–Crippen LogP) is 6.29. The quantitative estimate of drug-likeness (QED) is 0.104. The van der Waals surface area contributed by atoms with Crippen LogP contribution in [0.15, 0.2) is 83.0 Å². The van der Waals surface area contributed by atoms with Crippen molar-refractivity contribution in [1.82, 2.24) is 0 Å². The zero-order valence-electron chi connectivity index (χ0n) is 26.5. The van der Waals surface area contributed by atoms with Gasteiger partial charge in [-0.15, -0.1) is 0 Å². The number of carbonyl (C=O) groups is 1. The first-order chi connectivity index (χ1) is 20.4. The fourth-order valence-corrected chi connectivity index (χ4v) is 7.40. The lowest BCUT2D eigenvalue weighted by Crippen LogP contribution is -2.59. The van der Waals surface area contributed by atoms with Gasteiger partial charge in [-0.25, -0.2) is 0 Å². The molecule has 0 amide bonds. The summed E-state index contributed by atoms with van der Waals surface area (Å²) < 4.78 is 0. The SMILES string of the molecule is C=C(C=CC=C(CO)C1CCC2(C(CCCO)C(=C(C)C(=O)Cc3ccc(O)cc3)CCC2(C)O)C1O)CCC=C(C)C. The molecule has 6 nitrogen and oxygen atoms in total. The van der Waals surface area contributed by atoms with Gasteiger partial charge in [0.2, 0.25) is 0 Å². The lowest BCUT2D eigenvalue weighted by Gasteiger charge is -2.55. The molecule has 5 N–H and O–H groups in total. The Morgan fingerprint density at radius 3 is 2.44 bits per heavy atom. The number of phenols is 1. The lowest BCUT2D eigenvalue weighted by atomic mass is 9.52. The van der Waals surface area contributed by atoms with Gasteiger partial charge in [0, 0.05) is 24.4 Å². The van der Waals surface area contributed by atoms with Crippen LogP contribution in [0.3, 0.4) is 0 Å². The van der Waals surface area contributed by atoms with Crippen LogP contribution in [-0.4, -0.2) is 56.2 Å². The smallest absolute Gasteiger partial charge is 0.162 e. The fraction of sp³-hybridized carbons (Fsp3) is 0.541. The Labute approximate surface area is 257 Å². The third-order valence-corrected chi connectivity index (χ3v) is 9.88. The first kappa shape index (κ1) is 34.7. The molecule has 5 unspecified atom stereocenters. The molecule has 2 aliphatic rings. The van der Waals surface area contributed by atoms with E-state index in [1.54, 1.807) is 31.2 Å². The number of ketones is 1. The Balaban J connectivity index is 1.93. The van der Waals surface area contributed by atoms with Crippen molar-refractivity contribution < 1.29 is 30.3 Å². The van der Waals surface area contributed by atoms with Gasteiger partial charge in [0.15, 0.2) is 5.78 Å². The standard InChI is InChI=1S/C37H52O6/c1-25(2)9-6-10-26(3)11-7-12-29(24-39)32-19-21-37(35(32)42)33(13-8-22-38)31(18-20-36(37,5)43)27(4)34(41)23-28-14-16-30(40)17-15-28/h7,9,11-12,14-17,32-33,35,38-40,42-43H,3,6,8,10,13,18-24H2,1-2,4-5H3. The molecule has 2 fully saturated rings. The largest absolute Gasteiger partial charge is 0.508 e. The third kappa shape index (κ3) is 8.04. The first-order valence-corrected chi connectivity index (χ1v) is 15.7. The van der Waals surface area contributed by atoms with E-state index in [0.717, 1.165) is 29.6 Å². The highest BCUT2D eigenvalue weighted by Gasteiger charge is 2.64.